The topological polar surface area (TPSA) is 12.4 Å². The number of alkyl halides is 3. The van der Waals surface area contributed by atoms with Gasteiger partial charge >= 0.3 is 6.18 Å². The first-order chi connectivity index (χ1) is 4.11. The number of hydrogen-bond donors (Lipinski definition) is 0. The number of thioether (sulfide) groups is 1. The summed E-state index contributed by atoms with van der Waals surface area (Å²) in [6.45, 7) is 0. The third-order valence-electron chi connectivity index (χ3n) is 0.777. The first-order valence-corrected chi connectivity index (χ1v) is 2.99. The molecule has 1 heterocycles. The quantitative estimate of drug-likeness (QED) is 0.516. The van der Waals surface area contributed by atoms with Gasteiger partial charge in [-0.1, -0.05) is 11.8 Å². The van der Waals surface area contributed by atoms with E-state index < -0.39 is 12.2 Å². The second kappa shape index (κ2) is 2.21. The standard InChI is InChI=1S/C4H2F3NS/c5-4(6,7)3-1-9-2-8-3/h1,3H. The Balaban J connectivity index is 2.53. The number of halogens is 3. The van der Waals surface area contributed by atoms with Gasteiger partial charge in [-0.15, -0.1) is 0 Å². The first-order valence-electron chi connectivity index (χ1n) is 2.11. The highest BCUT2D eigenvalue weighted by molar-refractivity contribution is 8.14. The molecule has 1 aliphatic heterocycles. The molecule has 0 spiro atoms. The molecular formula is C4H2F3NS. The highest BCUT2D eigenvalue weighted by atomic mass is 32.2. The van der Waals surface area contributed by atoms with Gasteiger partial charge in [0.25, 0.3) is 0 Å². The van der Waals surface area contributed by atoms with E-state index in [1.165, 1.54) is 0 Å². The monoisotopic (exact) mass is 153 g/mol. The molecule has 1 rings (SSSR count). The normalized spacial score (nSPS) is 27.2. The molecule has 2 radical (unpaired) electrons. The van der Waals surface area contributed by atoms with Crippen LogP contribution in [0, 0.1) is 5.75 Å². The van der Waals surface area contributed by atoms with Crippen LogP contribution >= 0.6 is 11.8 Å². The zero-order chi connectivity index (χ0) is 6.91. The number of aliphatic imine (C=N–C) groups is 1. The van der Waals surface area contributed by atoms with E-state index in [9.17, 15) is 13.2 Å². The second-order valence-electron chi connectivity index (χ2n) is 1.46. The van der Waals surface area contributed by atoms with E-state index in [1.54, 1.807) is 0 Å². The van der Waals surface area contributed by atoms with Gasteiger partial charge in [-0.05, 0) is 0 Å². The lowest BCUT2D eigenvalue weighted by Crippen LogP contribution is -2.24. The van der Waals surface area contributed by atoms with Gasteiger partial charge in [0.05, 0.1) is 5.75 Å². The molecule has 0 aromatic rings. The van der Waals surface area contributed by atoms with Gasteiger partial charge in [-0.2, -0.15) is 13.2 Å². The Bertz CT molecular complexity index is 130. The van der Waals surface area contributed by atoms with Gasteiger partial charge in [0.1, 0.15) is 5.55 Å². The molecule has 50 valence electrons. The molecule has 0 saturated heterocycles. The van der Waals surface area contributed by atoms with Crippen LogP contribution in [0.4, 0.5) is 13.2 Å². The lowest BCUT2D eigenvalue weighted by Gasteiger charge is -2.08. The molecule has 1 atom stereocenters. The summed E-state index contributed by atoms with van der Waals surface area (Å²) in [4.78, 5) is 3.04. The average molecular weight is 153 g/mol. The molecule has 1 unspecified atom stereocenters. The van der Waals surface area contributed by atoms with Crippen LogP contribution in [-0.2, 0) is 0 Å². The van der Waals surface area contributed by atoms with Crippen molar-refractivity contribution in [1.29, 1.82) is 0 Å². The first kappa shape index (κ1) is 6.92. The van der Waals surface area contributed by atoms with Crippen molar-refractivity contribution in [2.75, 3.05) is 0 Å². The predicted octanol–water partition coefficient (Wildman–Crippen LogP) is 1.73. The van der Waals surface area contributed by atoms with Crippen molar-refractivity contribution in [2.24, 2.45) is 4.99 Å². The largest absolute Gasteiger partial charge is 0.411 e. The molecule has 0 amide bonds. The fraction of sp³-hybridized carbons (Fsp3) is 0.500. The van der Waals surface area contributed by atoms with Crippen LogP contribution in [0.25, 0.3) is 0 Å². The molecular weight excluding hydrogens is 151 g/mol. The van der Waals surface area contributed by atoms with Crippen LogP contribution in [0.2, 0.25) is 0 Å². The van der Waals surface area contributed by atoms with E-state index in [2.05, 4.69) is 10.5 Å². The molecule has 0 bridgehead atoms. The Kier molecular flexibility index (Phi) is 1.70. The zero-order valence-electron chi connectivity index (χ0n) is 4.14. The molecule has 0 aromatic carbocycles. The predicted molar refractivity (Wildman–Crippen MR) is 29.2 cm³/mol. The summed E-state index contributed by atoms with van der Waals surface area (Å²) in [6, 6.07) is -1.64. The van der Waals surface area contributed by atoms with E-state index in [4.69, 9.17) is 0 Å². The maximum Gasteiger partial charge on any atom is 0.411 e. The zero-order valence-corrected chi connectivity index (χ0v) is 4.96. The number of hydrogen-bond acceptors (Lipinski definition) is 2. The van der Waals surface area contributed by atoms with Crippen LogP contribution < -0.4 is 0 Å². The summed E-state index contributed by atoms with van der Waals surface area (Å²) >= 11 is 0.847. The summed E-state index contributed by atoms with van der Waals surface area (Å²) in [7, 11) is 0. The lowest BCUT2D eigenvalue weighted by atomic mass is 10.3. The van der Waals surface area contributed by atoms with Crippen LogP contribution in [0.15, 0.2) is 4.99 Å². The smallest absolute Gasteiger partial charge is 0.261 e. The Morgan fingerprint density at radius 3 is 2.44 bits per heavy atom. The minimum absolute atomic E-state index is 0.847. The van der Waals surface area contributed by atoms with Gasteiger partial charge < -0.3 is 0 Å². The van der Waals surface area contributed by atoms with Crippen LogP contribution in [0.5, 0.6) is 0 Å². The molecule has 0 N–H and O–H groups in total. The van der Waals surface area contributed by atoms with E-state index >= 15 is 0 Å². The van der Waals surface area contributed by atoms with Gasteiger partial charge in [0.15, 0.2) is 6.04 Å². The average Bonchev–Trinajstić information content (AvgIpc) is 2.08. The minimum Gasteiger partial charge on any atom is -0.261 e. The Morgan fingerprint density at radius 1 is 1.56 bits per heavy atom. The highest BCUT2D eigenvalue weighted by Gasteiger charge is 2.41. The van der Waals surface area contributed by atoms with Crippen molar-refractivity contribution in [1.82, 2.24) is 0 Å². The molecule has 0 saturated carbocycles. The van der Waals surface area contributed by atoms with E-state index in [0.29, 0.717) is 0 Å². The molecule has 9 heavy (non-hydrogen) atoms. The maximum atomic E-state index is 11.6. The molecule has 0 aliphatic carbocycles. The summed E-state index contributed by atoms with van der Waals surface area (Å²) in [5, 5.41) is 0. The van der Waals surface area contributed by atoms with Gasteiger partial charge in [-0.3, -0.25) is 4.99 Å². The molecule has 0 fully saturated rings. The maximum absolute atomic E-state index is 11.6. The fourth-order valence-electron chi connectivity index (χ4n) is 0.363. The summed E-state index contributed by atoms with van der Waals surface area (Å²) in [6.07, 6.45) is -4.23. The van der Waals surface area contributed by atoms with Crippen molar-refractivity contribution in [3.05, 3.63) is 5.75 Å². The molecule has 0 aromatic heterocycles. The molecule has 1 nitrogen and oxygen atoms in total. The third kappa shape index (κ3) is 1.61. The van der Waals surface area contributed by atoms with Crippen molar-refractivity contribution in [3.63, 3.8) is 0 Å². The van der Waals surface area contributed by atoms with Gasteiger partial charge in [0.2, 0.25) is 0 Å². The Morgan fingerprint density at radius 2 is 2.22 bits per heavy atom. The highest BCUT2D eigenvalue weighted by Crippen LogP contribution is 2.31. The second-order valence-corrected chi connectivity index (χ2v) is 2.15. The van der Waals surface area contributed by atoms with E-state index in [0.717, 1.165) is 17.5 Å². The van der Waals surface area contributed by atoms with Crippen LogP contribution in [-0.4, -0.2) is 17.8 Å². The fourth-order valence-corrected chi connectivity index (χ4v) is 0.942. The van der Waals surface area contributed by atoms with Crippen LogP contribution in [0.1, 0.15) is 0 Å². The van der Waals surface area contributed by atoms with Crippen molar-refractivity contribution >= 4 is 17.3 Å². The lowest BCUT2D eigenvalue weighted by molar-refractivity contribution is -0.137. The molecule has 1 aliphatic rings. The van der Waals surface area contributed by atoms with Gasteiger partial charge in [0, 0.05) is 0 Å². The summed E-state index contributed by atoms with van der Waals surface area (Å²) in [5.74, 6) is 1.00. The minimum atomic E-state index is -4.23. The van der Waals surface area contributed by atoms with Gasteiger partial charge in [-0.25, -0.2) is 0 Å². The summed E-state index contributed by atoms with van der Waals surface area (Å²) in [5.41, 5.74) is 2.14. The van der Waals surface area contributed by atoms with Crippen molar-refractivity contribution < 1.29 is 13.2 Å². The van der Waals surface area contributed by atoms with Crippen molar-refractivity contribution in [3.8, 4) is 0 Å². The Hall–Kier alpha value is -0.190. The Labute approximate surface area is 54.3 Å². The third-order valence-corrected chi connectivity index (χ3v) is 1.38. The van der Waals surface area contributed by atoms with E-state index in [-0.39, 0.29) is 0 Å². The SMILES string of the molecule is FC(F)(F)C1[CH]S[C]=N1. The van der Waals surface area contributed by atoms with Crippen LogP contribution in [0.3, 0.4) is 0 Å². The summed E-state index contributed by atoms with van der Waals surface area (Å²) < 4.78 is 34.7. The van der Waals surface area contributed by atoms with E-state index in [1.807, 2.05) is 0 Å². The number of rotatable bonds is 0. The number of nitrogens with zero attached hydrogens (tertiary/aromatic N) is 1. The van der Waals surface area contributed by atoms with Crippen molar-refractivity contribution in [2.45, 2.75) is 12.2 Å². The molecule has 5 heteroatoms.